The lowest BCUT2D eigenvalue weighted by molar-refractivity contribution is 0.413. The van der Waals surface area contributed by atoms with Crippen LogP contribution in [0.4, 0.5) is 0 Å². The van der Waals surface area contributed by atoms with Crippen LogP contribution in [0.3, 0.4) is 0 Å². The van der Waals surface area contributed by atoms with Crippen molar-refractivity contribution >= 4 is 11.6 Å². The number of nitrogens with zero attached hydrogens (tertiary/aromatic N) is 1. The Morgan fingerprint density at radius 2 is 2.14 bits per heavy atom. The maximum Gasteiger partial charge on any atom is 0.137 e. The van der Waals surface area contributed by atoms with E-state index in [-0.39, 0.29) is 6.04 Å². The molecule has 0 aliphatic carbocycles. The lowest BCUT2D eigenvalue weighted by Crippen LogP contribution is -2.24. The molecule has 21 heavy (non-hydrogen) atoms. The van der Waals surface area contributed by atoms with E-state index >= 15 is 0 Å². The monoisotopic (exact) mass is 304 g/mol. The highest BCUT2D eigenvalue weighted by Gasteiger charge is 2.18. The minimum absolute atomic E-state index is 0.0392. The number of aromatic nitrogens is 1. The highest BCUT2D eigenvalue weighted by atomic mass is 35.5. The Labute approximate surface area is 131 Å². The number of hydrogen-bond donors (Lipinski definition) is 1. The normalized spacial score (nSPS) is 12.2. The predicted molar refractivity (Wildman–Crippen MR) is 87.1 cm³/mol. The molecular formula is C17H21ClN2O. The molecule has 4 heteroatoms. The molecule has 0 amide bonds. The number of benzene rings is 1. The van der Waals surface area contributed by atoms with Gasteiger partial charge in [0.15, 0.2) is 0 Å². The summed E-state index contributed by atoms with van der Waals surface area (Å²) in [6.07, 6.45) is 2.89. The van der Waals surface area contributed by atoms with Gasteiger partial charge < -0.3 is 10.1 Å². The summed E-state index contributed by atoms with van der Waals surface area (Å²) in [6.45, 7) is 5.15. The molecule has 0 fully saturated rings. The van der Waals surface area contributed by atoms with Crippen LogP contribution in [0.2, 0.25) is 5.02 Å². The number of methoxy groups -OCH3 is 1. The summed E-state index contributed by atoms with van der Waals surface area (Å²) in [6, 6.07) is 9.94. The number of ether oxygens (including phenoxy) is 1. The van der Waals surface area contributed by atoms with Crippen molar-refractivity contribution in [3.8, 4) is 5.75 Å². The molecule has 2 aromatic rings. The molecular weight excluding hydrogens is 284 g/mol. The topological polar surface area (TPSA) is 34.1 Å². The van der Waals surface area contributed by atoms with Gasteiger partial charge >= 0.3 is 0 Å². The molecule has 1 aromatic carbocycles. The Kier molecular flexibility index (Phi) is 5.59. The lowest BCUT2D eigenvalue weighted by atomic mass is 9.99. The van der Waals surface area contributed by atoms with E-state index in [1.165, 1.54) is 5.56 Å². The van der Waals surface area contributed by atoms with Crippen molar-refractivity contribution in [2.45, 2.75) is 26.3 Å². The summed E-state index contributed by atoms with van der Waals surface area (Å²) in [4.78, 5) is 4.55. The van der Waals surface area contributed by atoms with Crippen molar-refractivity contribution in [1.82, 2.24) is 10.3 Å². The fourth-order valence-electron chi connectivity index (χ4n) is 2.32. The molecule has 0 spiro atoms. The van der Waals surface area contributed by atoms with Gasteiger partial charge in [-0.05, 0) is 49.2 Å². The van der Waals surface area contributed by atoms with Gasteiger partial charge in [0.05, 0.1) is 23.9 Å². The van der Waals surface area contributed by atoms with E-state index in [2.05, 4.69) is 30.2 Å². The summed E-state index contributed by atoms with van der Waals surface area (Å²) in [5, 5.41) is 4.17. The molecule has 0 bridgehead atoms. The Balaban J connectivity index is 2.43. The number of pyridine rings is 1. The van der Waals surface area contributed by atoms with Gasteiger partial charge in [0, 0.05) is 6.20 Å². The number of nitrogens with one attached hydrogen (secondary N) is 1. The Morgan fingerprint density at radius 1 is 1.33 bits per heavy atom. The molecule has 3 nitrogen and oxygen atoms in total. The molecule has 1 N–H and O–H groups in total. The van der Waals surface area contributed by atoms with Crippen LogP contribution in [0.5, 0.6) is 5.75 Å². The molecule has 1 aromatic heterocycles. The second kappa shape index (κ2) is 7.43. The van der Waals surface area contributed by atoms with Crippen LogP contribution >= 0.6 is 11.6 Å². The third-order valence-corrected chi connectivity index (χ3v) is 3.74. The van der Waals surface area contributed by atoms with E-state index in [9.17, 15) is 0 Å². The number of hydrogen-bond acceptors (Lipinski definition) is 3. The van der Waals surface area contributed by atoms with Crippen LogP contribution in [0, 0.1) is 6.92 Å². The molecule has 2 rings (SSSR count). The van der Waals surface area contributed by atoms with Gasteiger partial charge in [-0.3, -0.25) is 4.98 Å². The largest absolute Gasteiger partial charge is 0.495 e. The van der Waals surface area contributed by atoms with E-state index in [1.54, 1.807) is 7.11 Å². The van der Waals surface area contributed by atoms with Crippen LogP contribution in [0.1, 0.15) is 36.2 Å². The Hall–Kier alpha value is -1.58. The van der Waals surface area contributed by atoms with Crippen molar-refractivity contribution in [2.75, 3.05) is 13.7 Å². The van der Waals surface area contributed by atoms with Crippen LogP contribution in [-0.2, 0) is 0 Å². The van der Waals surface area contributed by atoms with Crippen LogP contribution in [0.15, 0.2) is 36.5 Å². The Morgan fingerprint density at radius 3 is 2.81 bits per heavy atom. The molecule has 1 heterocycles. The lowest BCUT2D eigenvalue weighted by Gasteiger charge is -2.21. The van der Waals surface area contributed by atoms with Gasteiger partial charge in [-0.15, -0.1) is 0 Å². The van der Waals surface area contributed by atoms with Crippen molar-refractivity contribution in [3.05, 3.63) is 58.4 Å². The number of aryl methyl sites for hydroxylation is 1. The molecule has 0 aliphatic rings. The summed E-state index contributed by atoms with van der Waals surface area (Å²) in [5.41, 5.74) is 3.31. The SMILES string of the molecule is CCCNC(c1ccc(Cl)c(OC)c1)c1ncccc1C. The van der Waals surface area contributed by atoms with Gasteiger partial charge in [0.1, 0.15) is 5.75 Å². The molecule has 0 saturated carbocycles. The van der Waals surface area contributed by atoms with E-state index < -0.39 is 0 Å². The van der Waals surface area contributed by atoms with Crippen molar-refractivity contribution < 1.29 is 4.74 Å². The second-order valence-corrected chi connectivity index (χ2v) is 5.39. The first-order chi connectivity index (χ1) is 10.2. The highest BCUT2D eigenvalue weighted by Crippen LogP contribution is 2.30. The summed E-state index contributed by atoms with van der Waals surface area (Å²) < 4.78 is 5.33. The molecule has 0 radical (unpaired) electrons. The average molecular weight is 305 g/mol. The smallest absolute Gasteiger partial charge is 0.137 e. The van der Waals surface area contributed by atoms with E-state index in [0.717, 1.165) is 24.2 Å². The maximum absolute atomic E-state index is 6.12. The third kappa shape index (κ3) is 3.74. The first-order valence-corrected chi connectivity index (χ1v) is 7.53. The molecule has 112 valence electrons. The van der Waals surface area contributed by atoms with Crippen LogP contribution < -0.4 is 10.1 Å². The van der Waals surface area contributed by atoms with Gasteiger partial charge in [0.2, 0.25) is 0 Å². The first-order valence-electron chi connectivity index (χ1n) is 7.15. The van der Waals surface area contributed by atoms with E-state index in [0.29, 0.717) is 10.8 Å². The quantitative estimate of drug-likeness (QED) is 0.871. The zero-order chi connectivity index (χ0) is 15.2. The van der Waals surface area contributed by atoms with Crippen molar-refractivity contribution in [3.63, 3.8) is 0 Å². The minimum Gasteiger partial charge on any atom is -0.495 e. The predicted octanol–water partition coefficient (Wildman–Crippen LogP) is 4.14. The maximum atomic E-state index is 6.12. The highest BCUT2D eigenvalue weighted by molar-refractivity contribution is 6.32. The van der Waals surface area contributed by atoms with Gasteiger partial charge in [0.25, 0.3) is 0 Å². The van der Waals surface area contributed by atoms with Gasteiger partial charge in [-0.2, -0.15) is 0 Å². The van der Waals surface area contributed by atoms with Gasteiger partial charge in [-0.1, -0.05) is 30.7 Å². The summed E-state index contributed by atoms with van der Waals surface area (Å²) in [7, 11) is 1.63. The molecule has 1 unspecified atom stereocenters. The van der Waals surface area contributed by atoms with E-state index in [1.807, 2.05) is 30.5 Å². The fraction of sp³-hybridized carbons (Fsp3) is 0.353. The fourth-order valence-corrected chi connectivity index (χ4v) is 2.51. The Bertz CT molecular complexity index is 601. The van der Waals surface area contributed by atoms with E-state index in [4.69, 9.17) is 16.3 Å². The molecule has 1 atom stereocenters. The summed E-state index contributed by atoms with van der Waals surface area (Å²) in [5.74, 6) is 0.686. The van der Waals surface area contributed by atoms with Crippen molar-refractivity contribution in [1.29, 1.82) is 0 Å². The van der Waals surface area contributed by atoms with Gasteiger partial charge in [-0.25, -0.2) is 0 Å². The van der Waals surface area contributed by atoms with Crippen molar-refractivity contribution in [2.24, 2.45) is 0 Å². The third-order valence-electron chi connectivity index (χ3n) is 3.43. The minimum atomic E-state index is 0.0392. The number of halogens is 1. The number of rotatable bonds is 6. The average Bonchev–Trinajstić information content (AvgIpc) is 2.50. The second-order valence-electron chi connectivity index (χ2n) is 4.99. The van der Waals surface area contributed by atoms with Crippen LogP contribution in [0.25, 0.3) is 0 Å². The zero-order valence-electron chi connectivity index (χ0n) is 12.7. The van der Waals surface area contributed by atoms with Crippen LogP contribution in [-0.4, -0.2) is 18.6 Å². The molecule has 0 saturated heterocycles. The first kappa shape index (κ1) is 15.8. The standard InChI is InChI=1S/C17H21ClN2O/c1-4-9-19-17(16-12(2)6-5-10-20-16)13-7-8-14(18)15(11-13)21-3/h5-8,10-11,17,19H,4,9H2,1-3H3. The molecule has 0 aliphatic heterocycles. The zero-order valence-corrected chi connectivity index (χ0v) is 13.4. The summed E-state index contributed by atoms with van der Waals surface area (Å²) >= 11 is 6.12.